The summed E-state index contributed by atoms with van der Waals surface area (Å²) in [5, 5.41) is 2.00. The maximum atomic E-state index is 12.7. The second-order valence-corrected chi connectivity index (χ2v) is 8.30. The van der Waals surface area contributed by atoms with E-state index in [9.17, 15) is 9.59 Å². The highest BCUT2D eigenvalue weighted by Crippen LogP contribution is 2.29. The number of carbonyl (C=O) groups is 2. The van der Waals surface area contributed by atoms with Crippen molar-refractivity contribution in [3.63, 3.8) is 0 Å². The molecule has 0 saturated carbocycles. The van der Waals surface area contributed by atoms with Gasteiger partial charge in [-0.25, -0.2) is 4.98 Å². The van der Waals surface area contributed by atoms with Crippen LogP contribution < -0.4 is 0 Å². The third-order valence-corrected chi connectivity index (χ3v) is 6.29. The van der Waals surface area contributed by atoms with Gasteiger partial charge in [-0.2, -0.15) is 0 Å². The molecule has 2 aromatic heterocycles. The Bertz CT molecular complexity index is 819. The smallest absolute Gasteiger partial charge is 0.276 e. The zero-order chi connectivity index (χ0) is 19.5. The molecule has 0 spiro atoms. The summed E-state index contributed by atoms with van der Waals surface area (Å²) in [6.45, 7) is 5.49. The fraction of sp³-hybridized carbons (Fsp3) is 0.550. The number of piperidine rings is 1. The molecule has 0 aromatic carbocycles. The number of thiophene rings is 1. The second-order valence-electron chi connectivity index (χ2n) is 7.27. The lowest BCUT2D eigenvalue weighted by Gasteiger charge is -2.30. The lowest BCUT2D eigenvalue weighted by molar-refractivity contribution is -0.131. The van der Waals surface area contributed by atoms with Gasteiger partial charge in [0, 0.05) is 37.0 Å². The summed E-state index contributed by atoms with van der Waals surface area (Å²) in [5.74, 6) is 1.44. The van der Waals surface area contributed by atoms with Crippen LogP contribution in [0.3, 0.4) is 0 Å². The molecule has 0 atom stereocenters. The molecule has 4 heterocycles. The molecule has 0 unspecified atom stereocenters. The van der Waals surface area contributed by atoms with Crippen LogP contribution in [-0.4, -0.2) is 66.0 Å². The number of amides is 2. The van der Waals surface area contributed by atoms with Gasteiger partial charge in [-0.1, -0.05) is 6.07 Å². The van der Waals surface area contributed by atoms with Gasteiger partial charge >= 0.3 is 0 Å². The first-order chi connectivity index (χ1) is 13.6. The van der Waals surface area contributed by atoms with Crippen LogP contribution >= 0.6 is 11.3 Å². The van der Waals surface area contributed by atoms with E-state index in [1.165, 1.54) is 0 Å². The number of carbonyl (C=O) groups excluding carboxylic acids is 2. The maximum Gasteiger partial charge on any atom is 0.276 e. The molecule has 0 aliphatic carbocycles. The third-order valence-electron chi connectivity index (χ3n) is 5.42. The molecule has 28 heavy (non-hydrogen) atoms. The van der Waals surface area contributed by atoms with Gasteiger partial charge in [-0.05, 0) is 31.2 Å². The minimum atomic E-state index is -0.0839. The van der Waals surface area contributed by atoms with Crippen LogP contribution in [0.4, 0.5) is 0 Å². The van der Waals surface area contributed by atoms with Crippen LogP contribution in [0, 0.1) is 6.92 Å². The maximum absolute atomic E-state index is 12.7. The highest BCUT2D eigenvalue weighted by Gasteiger charge is 2.30. The first-order valence-corrected chi connectivity index (χ1v) is 10.6. The van der Waals surface area contributed by atoms with Crippen molar-refractivity contribution in [3.05, 3.63) is 39.7 Å². The molecule has 2 aromatic rings. The van der Waals surface area contributed by atoms with E-state index in [2.05, 4.69) is 4.98 Å². The van der Waals surface area contributed by atoms with Gasteiger partial charge in [0.1, 0.15) is 5.76 Å². The van der Waals surface area contributed by atoms with Gasteiger partial charge < -0.3 is 19.0 Å². The average Bonchev–Trinajstić information content (AvgIpc) is 3.38. The fourth-order valence-corrected chi connectivity index (χ4v) is 4.45. The van der Waals surface area contributed by atoms with Crippen LogP contribution in [0.1, 0.15) is 45.8 Å². The lowest BCUT2D eigenvalue weighted by atomic mass is 9.96. The van der Waals surface area contributed by atoms with E-state index in [-0.39, 0.29) is 17.7 Å². The Balaban J connectivity index is 1.35. The Kier molecular flexibility index (Phi) is 5.77. The van der Waals surface area contributed by atoms with Crippen molar-refractivity contribution in [2.24, 2.45) is 0 Å². The first kappa shape index (κ1) is 19.1. The largest absolute Gasteiger partial charge is 0.445 e. The minimum absolute atomic E-state index is 0.0839. The fourth-order valence-electron chi connectivity index (χ4n) is 3.76. The highest BCUT2D eigenvalue weighted by atomic mass is 32.1. The monoisotopic (exact) mass is 403 g/mol. The van der Waals surface area contributed by atoms with Crippen LogP contribution in [0.15, 0.2) is 21.9 Å². The zero-order valence-electron chi connectivity index (χ0n) is 16.1. The van der Waals surface area contributed by atoms with E-state index in [0.717, 1.165) is 17.7 Å². The van der Waals surface area contributed by atoms with Gasteiger partial charge in [0.05, 0.1) is 19.6 Å². The topological polar surface area (TPSA) is 75.9 Å². The number of morpholine rings is 1. The summed E-state index contributed by atoms with van der Waals surface area (Å²) in [7, 11) is 0. The Morgan fingerprint density at radius 2 is 1.93 bits per heavy atom. The molecule has 2 amide bonds. The highest BCUT2D eigenvalue weighted by molar-refractivity contribution is 7.10. The first-order valence-electron chi connectivity index (χ1n) is 9.76. The SMILES string of the molecule is Cc1oc(C2CCN(C(=O)Cc3cccs3)CC2)nc1C(=O)N1CCOCC1. The number of hydrogen-bond donors (Lipinski definition) is 0. The standard InChI is InChI=1S/C20H25N3O4S/c1-14-18(20(25)23-8-10-26-11-9-23)21-19(27-14)15-4-6-22(7-5-15)17(24)13-16-3-2-12-28-16/h2-3,12,15H,4-11,13H2,1H3. The molecule has 2 aliphatic heterocycles. The number of aromatic nitrogens is 1. The summed E-state index contributed by atoms with van der Waals surface area (Å²) in [5.41, 5.74) is 0.410. The van der Waals surface area contributed by atoms with Gasteiger partial charge in [-0.15, -0.1) is 11.3 Å². The number of aryl methyl sites for hydroxylation is 1. The Hall–Kier alpha value is -2.19. The van der Waals surface area contributed by atoms with Gasteiger partial charge in [0.15, 0.2) is 11.6 Å². The molecule has 150 valence electrons. The van der Waals surface area contributed by atoms with Gasteiger partial charge in [0.25, 0.3) is 5.91 Å². The molecule has 0 N–H and O–H groups in total. The summed E-state index contributed by atoms with van der Waals surface area (Å²) < 4.78 is 11.2. The van der Waals surface area contributed by atoms with Crippen LogP contribution in [0.25, 0.3) is 0 Å². The van der Waals surface area contributed by atoms with E-state index >= 15 is 0 Å². The molecule has 0 radical (unpaired) electrons. The predicted molar refractivity (Wildman–Crippen MR) is 105 cm³/mol. The van der Waals surface area contributed by atoms with E-state index in [0.29, 0.717) is 63.2 Å². The van der Waals surface area contributed by atoms with E-state index in [1.54, 1.807) is 23.2 Å². The molecular weight excluding hydrogens is 378 g/mol. The van der Waals surface area contributed by atoms with Crippen LogP contribution in [-0.2, 0) is 16.0 Å². The van der Waals surface area contributed by atoms with Crippen molar-refractivity contribution in [2.45, 2.75) is 32.1 Å². The summed E-state index contributed by atoms with van der Waals surface area (Å²) >= 11 is 1.62. The number of likely N-dealkylation sites (tertiary alicyclic amines) is 1. The number of rotatable bonds is 4. The van der Waals surface area contributed by atoms with Crippen LogP contribution in [0.2, 0.25) is 0 Å². The van der Waals surface area contributed by atoms with Gasteiger partial charge in [-0.3, -0.25) is 9.59 Å². The van der Waals surface area contributed by atoms with Crippen molar-refractivity contribution in [1.82, 2.24) is 14.8 Å². The predicted octanol–water partition coefficient (Wildman–Crippen LogP) is 2.47. The number of nitrogens with zero attached hydrogens (tertiary/aromatic N) is 3. The number of ether oxygens (including phenoxy) is 1. The molecule has 7 nitrogen and oxygen atoms in total. The molecule has 0 bridgehead atoms. The lowest BCUT2D eigenvalue weighted by Crippen LogP contribution is -2.41. The van der Waals surface area contributed by atoms with Gasteiger partial charge in [0.2, 0.25) is 5.91 Å². The molecule has 2 aliphatic rings. The Morgan fingerprint density at radius 3 is 2.61 bits per heavy atom. The molecule has 4 rings (SSSR count). The average molecular weight is 404 g/mol. The summed E-state index contributed by atoms with van der Waals surface area (Å²) in [6, 6.07) is 3.97. The Morgan fingerprint density at radius 1 is 1.18 bits per heavy atom. The van der Waals surface area contributed by atoms with Crippen LogP contribution in [0.5, 0.6) is 0 Å². The van der Waals surface area contributed by atoms with E-state index in [4.69, 9.17) is 9.15 Å². The van der Waals surface area contributed by atoms with Crippen molar-refractivity contribution in [3.8, 4) is 0 Å². The van der Waals surface area contributed by atoms with Crippen molar-refractivity contribution >= 4 is 23.2 Å². The third kappa shape index (κ3) is 4.12. The molecule has 2 saturated heterocycles. The van der Waals surface area contributed by atoms with Crippen molar-refractivity contribution < 1.29 is 18.7 Å². The minimum Gasteiger partial charge on any atom is -0.445 e. The zero-order valence-corrected chi connectivity index (χ0v) is 16.9. The van der Waals surface area contributed by atoms with Crippen molar-refractivity contribution in [1.29, 1.82) is 0 Å². The van der Waals surface area contributed by atoms with Crippen molar-refractivity contribution in [2.75, 3.05) is 39.4 Å². The number of hydrogen-bond acceptors (Lipinski definition) is 6. The molecule has 8 heteroatoms. The number of oxazole rings is 1. The summed E-state index contributed by atoms with van der Waals surface area (Å²) in [6.07, 6.45) is 2.08. The second kappa shape index (κ2) is 8.45. The quantitative estimate of drug-likeness (QED) is 0.784. The summed E-state index contributed by atoms with van der Waals surface area (Å²) in [4.78, 5) is 34.5. The Labute approximate surface area is 168 Å². The van der Waals surface area contributed by atoms with E-state index in [1.807, 2.05) is 22.4 Å². The molecular formula is C20H25N3O4S. The normalized spacial score (nSPS) is 18.5. The molecule has 2 fully saturated rings. The van der Waals surface area contributed by atoms with E-state index < -0.39 is 0 Å².